The summed E-state index contributed by atoms with van der Waals surface area (Å²) in [6.45, 7) is 0. The number of benzene rings is 1. The summed E-state index contributed by atoms with van der Waals surface area (Å²) in [6.07, 6.45) is -2.96. The Hall–Kier alpha value is -1.01. The van der Waals surface area contributed by atoms with E-state index in [0.29, 0.717) is 11.5 Å². The molecule has 22 heavy (non-hydrogen) atoms. The minimum atomic E-state index is -4.49. The van der Waals surface area contributed by atoms with Crippen molar-refractivity contribution in [2.75, 3.05) is 0 Å². The summed E-state index contributed by atoms with van der Waals surface area (Å²) in [5, 5.41) is 0. The van der Waals surface area contributed by atoms with Crippen molar-refractivity contribution in [3.63, 3.8) is 0 Å². The minimum absolute atomic E-state index is 0. The fourth-order valence-electron chi connectivity index (χ4n) is 2.75. The van der Waals surface area contributed by atoms with Gasteiger partial charge in [0.05, 0.1) is 0 Å². The molecule has 1 saturated carbocycles. The zero-order chi connectivity index (χ0) is 15.5. The predicted octanol–water partition coefficient (Wildman–Crippen LogP) is 4.93. The van der Waals surface area contributed by atoms with Crippen LogP contribution in [0.15, 0.2) is 24.3 Å². The molecule has 1 aromatic rings. The van der Waals surface area contributed by atoms with E-state index in [1.54, 1.807) is 6.07 Å². The first-order valence-corrected chi connectivity index (χ1v) is 7.10. The van der Waals surface area contributed by atoms with E-state index < -0.39 is 12.5 Å². The van der Waals surface area contributed by atoms with E-state index in [9.17, 15) is 17.6 Å². The molecule has 0 saturated heterocycles. The first-order chi connectivity index (χ1) is 9.90. The zero-order valence-corrected chi connectivity index (χ0v) is 12.8. The lowest BCUT2D eigenvalue weighted by atomic mass is 9.81. The van der Waals surface area contributed by atoms with Crippen LogP contribution in [0.5, 0.6) is 5.75 Å². The van der Waals surface area contributed by atoms with Crippen molar-refractivity contribution in [1.29, 1.82) is 0 Å². The van der Waals surface area contributed by atoms with Crippen molar-refractivity contribution in [2.24, 2.45) is 11.7 Å². The van der Waals surface area contributed by atoms with Crippen LogP contribution in [0.1, 0.15) is 43.7 Å². The summed E-state index contributed by atoms with van der Waals surface area (Å²) >= 11 is 0. The van der Waals surface area contributed by atoms with E-state index >= 15 is 0 Å². The lowest BCUT2D eigenvalue weighted by Gasteiger charge is -2.28. The Morgan fingerprint density at radius 1 is 1.14 bits per heavy atom. The Morgan fingerprint density at radius 3 is 2.36 bits per heavy atom. The highest BCUT2D eigenvalue weighted by molar-refractivity contribution is 5.85. The Balaban J connectivity index is 0.00000242. The van der Waals surface area contributed by atoms with Gasteiger partial charge in [-0.1, -0.05) is 31.4 Å². The molecule has 2 nitrogen and oxygen atoms in total. The molecule has 0 bridgehead atoms. The first kappa shape index (κ1) is 19.0. The predicted molar refractivity (Wildman–Crippen MR) is 78.8 cm³/mol. The van der Waals surface area contributed by atoms with Crippen LogP contribution in [-0.2, 0) is 0 Å². The second-order valence-corrected chi connectivity index (χ2v) is 5.46. The van der Waals surface area contributed by atoms with E-state index in [4.69, 9.17) is 5.73 Å². The molecule has 1 aromatic carbocycles. The second-order valence-electron chi connectivity index (χ2n) is 5.46. The standard InChI is InChI=1S/C15H19F4NO.ClH/c16-14(17)15(18,19)21-12-8-4-7-11(9-12)13(20)10-5-2-1-3-6-10;/h4,7-10,13-14H,1-3,5-6,20H2;1H/t13-;/m1./s1. The van der Waals surface area contributed by atoms with E-state index in [1.165, 1.54) is 24.6 Å². The van der Waals surface area contributed by atoms with Crippen molar-refractivity contribution >= 4 is 12.4 Å². The normalized spacial score (nSPS) is 17.9. The maximum atomic E-state index is 12.9. The third-order valence-corrected chi connectivity index (χ3v) is 3.91. The van der Waals surface area contributed by atoms with Gasteiger partial charge in [-0.3, -0.25) is 0 Å². The summed E-state index contributed by atoms with van der Waals surface area (Å²) in [6, 6.07) is 5.49. The van der Waals surface area contributed by atoms with Gasteiger partial charge in [-0.2, -0.15) is 17.6 Å². The summed E-state index contributed by atoms with van der Waals surface area (Å²) in [7, 11) is 0. The van der Waals surface area contributed by atoms with E-state index in [-0.39, 0.29) is 24.2 Å². The maximum Gasteiger partial charge on any atom is 0.461 e. The molecule has 0 spiro atoms. The fourth-order valence-corrected chi connectivity index (χ4v) is 2.75. The van der Waals surface area contributed by atoms with E-state index in [2.05, 4.69) is 4.74 Å². The van der Waals surface area contributed by atoms with Crippen molar-refractivity contribution < 1.29 is 22.3 Å². The summed E-state index contributed by atoms with van der Waals surface area (Å²) in [5.41, 5.74) is 6.81. The quantitative estimate of drug-likeness (QED) is 0.771. The topological polar surface area (TPSA) is 35.2 Å². The van der Waals surface area contributed by atoms with Crippen LogP contribution < -0.4 is 10.5 Å². The van der Waals surface area contributed by atoms with Gasteiger partial charge in [0.25, 0.3) is 0 Å². The van der Waals surface area contributed by atoms with Crippen molar-refractivity contribution in [3.05, 3.63) is 29.8 Å². The van der Waals surface area contributed by atoms with Crippen molar-refractivity contribution in [1.82, 2.24) is 0 Å². The van der Waals surface area contributed by atoms with Gasteiger partial charge >= 0.3 is 12.5 Å². The molecule has 1 aliphatic carbocycles. The summed E-state index contributed by atoms with van der Waals surface area (Å²) in [4.78, 5) is 0. The molecular weight excluding hydrogens is 322 g/mol. The summed E-state index contributed by atoms with van der Waals surface area (Å²) in [5.74, 6) is 0.00803. The molecule has 0 amide bonds. The number of nitrogens with two attached hydrogens (primary N) is 1. The second kappa shape index (κ2) is 8.02. The Morgan fingerprint density at radius 2 is 1.77 bits per heavy atom. The number of alkyl halides is 4. The molecular formula is C15H20ClF4NO. The van der Waals surface area contributed by atoms with Crippen LogP contribution in [-0.4, -0.2) is 12.5 Å². The van der Waals surface area contributed by atoms with Gasteiger partial charge in [-0.15, -0.1) is 12.4 Å². The molecule has 7 heteroatoms. The molecule has 2 N–H and O–H groups in total. The van der Waals surface area contributed by atoms with Gasteiger partial charge < -0.3 is 10.5 Å². The van der Waals surface area contributed by atoms with Gasteiger partial charge in [0, 0.05) is 6.04 Å². The molecule has 0 heterocycles. The highest BCUT2D eigenvalue weighted by Crippen LogP contribution is 2.35. The highest BCUT2D eigenvalue weighted by Gasteiger charge is 2.44. The van der Waals surface area contributed by atoms with Gasteiger partial charge in [0.15, 0.2) is 0 Å². The molecule has 1 fully saturated rings. The molecule has 1 aliphatic rings. The third kappa shape index (κ3) is 4.74. The summed E-state index contributed by atoms with van der Waals surface area (Å²) < 4.78 is 54.2. The van der Waals surface area contributed by atoms with Crippen molar-refractivity contribution in [2.45, 2.75) is 50.7 Å². The Labute approximate surface area is 133 Å². The molecule has 0 aromatic heterocycles. The number of ether oxygens (including phenoxy) is 1. The average molecular weight is 342 g/mol. The van der Waals surface area contributed by atoms with Gasteiger partial charge in [-0.25, -0.2) is 0 Å². The van der Waals surface area contributed by atoms with Crippen LogP contribution in [0.4, 0.5) is 17.6 Å². The SMILES string of the molecule is Cl.N[C@@H](c1cccc(OC(F)(F)C(F)F)c1)C1CCCCC1. The largest absolute Gasteiger partial charge is 0.461 e. The first-order valence-electron chi connectivity index (χ1n) is 7.10. The molecule has 1 atom stereocenters. The lowest BCUT2D eigenvalue weighted by Crippen LogP contribution is -2.33. The van der Waals surface area contributed by atoms with Crippen LogP contribution in [0, 0.1) is 5.92 Å². The van der Waals surface area contributed by atoms with E-state index in [0.717, 1.165) is 25.7 Å². The maximum absolute atomic E-state index is 12.9. The minimum Gasteiger partial charge on any atom is -0.428 e. The molecule has 0 aliphatic heterocycles. The van der Waals surface area contributed by atoms with Crippen LogP contribution in [0.3, 0.4) is 0 Å². The van der Waals surface area contributed by atoms with Gasteiger partial charge in [-0.05, 0) is 36.5 Å². The Kier molecular flexibility index (Phi) is 6.94. The molecule has 126 valence electrons. The lowest BCUT2D eigenvalue weighted by molar-refractivity contribution is -0.253. The smallest absolute Gasteiger partial charge is 0.428 e. The van der Waals surface area contributed by atoms with Crippen LogP contribution >= 0.6 is 12.4 Å². The van der Waals surface area contributed by atoms with E-state index in [1.807, 2.05) is 0 Å². The van der Waals surface area contributed by atoms with Crippen LogP contribution in [0.2, 0.25) is 0 Å². The number of hydrogen-bond donors (Lipinski definition) is 1. The molecule has 0 unspecified atom stereocenters. The zero-order valence-electron chi connectivity index (χ0n) is 12.0. The average Bonchev–Trinajstić information content (AvgIpc) is 2.47. The number of hydrogen-bond acceptors (Lipinski definition) is 2. The fraction of sp³-hybridized carbons (Fsp3) is 0.600. The van der Waals surface area contributed by atoms with Gasteiger partial charge in [0.2, 0.25) is 0 Å². The van der Waals surface area contributed by atoms with Crippen LogP contribution in [0.25, 0.3) is 0 Å². The Bertz CT molecular complexity index is 467. The molecule has 2 rings (SSSR count). The highest BCUT2D eigenvalue weighted by atomic mass is 35.5. The molecule has 0 radical (unpaired) electrons. The number of halogens is 5. The van der Waals surface area contributed by atoms with Gasteiger partial charge in [0.1, 0.15) is 5.75 Å². The third-order valence-electron chi connectivity index (χ3n) is 3.91. The number of rotatable bonds is 5. The monoisotopic (exact) mass is 341 g/mol. The van der Waals surface area contributed by atoms with Crippen molar-refractivity contribution in [3.8, 4) is 5.75 Å².